The molecule has 2 rings (SSSR count). The summed E-state index contributed by atoms with van der Waals surface area (Å²) in [5, 5.41) is 0. The minimum atomic E-state index is 0.493. The van der Waals surface area contributed by atoms with E-state index in [1.165, 1.54) is 28.0 Å². The molecule has 2 heteroatoms. The third kappa shape index (κ3) is 2.44. The Bertz CT molecular complexity index is 529. The molecule has 0 saturated carbocycles. The van der Waals surface area contributed by atoms with Crippen LogP contribution in [0.5, 0.6) is 5.75 Å². The zero-order chi connectivity index (χ0) is 14.0. The highest BCUT2D eigenvalue weighted by Gasteiger charge is 2.25. The van der Waals surface area contributed by atoms with Crippen LogP contribution in [0.2, 0.25) is 0 Å². The van der Waals surface area contributed by atoms with Crippen LogP contribution in [0.25, 0.3) is 0 Å². The maximum atomic E-state index is 5.64. The molecule has 2 nitrogen and oxygen atoms in total. The summed E-state index contributed by atoms with van der Waals surface area (Å²) in [5.41, 5.74) is 6.21. The fourth-order valence-electron chi connectivity index (χ4n) is 2.85. The van der Waals surface area contributed by atoms with Crippen LogP contribution in [0.15, 0.2) is 23.7 Å². The topological polar surface area (TPSA) is 21.6 Å². The molecule has 0 N–H and O–H groups in total. The van der Waals surface area contributed by atoms with Gasteiger partial charge in [0, 0.05) is 23.7 Å². The second-order valence-corrected chi connectivity index (χ2v) is 5.30. The summed E-state index contributed by atoms with van der Waals surface area (Å²) in [4.78, 5) is 4.72. The van der Waals surface area contributed by atoms with Crippen molar-refractivity contribution >= 4 is 5.71 Å². The highest BCUT2D eigenvalue weighted by atomic mass is 16.5. The van der Waals surface area contributed by atoms with Gasteiger partial charge in [-0.2, -0.15) is 0 Å². The third-order valence-corrected chi connectivity index (χ3v) is 4.18. The molecule has 0 amide bonds. The highest BCUT2D eigenvalue weighted by Crippen LogP contribution is 2.34. The zero-order valence-corrected chi connectivity index (χ0v) is 12.4. The van der Waals surface area contributed by atoms with Crippen molar-refractivity contribution in [2.45, 2.75) is 33.6 Å². The number of hydrogen-bond donors (Lipinski definition) is 0. The molecule has 1 aliphatic rings. The van der Waals surface area contributed by atoms with Crippen LogP contribution >= 0.6 is 0 Å². The predicted octanol–water partition coefficient (Wildman–Crippen LogP) is 4.01. The van der Waals surface area contributed by atoms with Gasteiger partial charge in [0.2, 0.25) is 0 Å². The SMILES string of the molecule is C=CCC1CCN=C1c1cc(C)c(C)c(C)c1OC. The summed E-state index contributed by atoms with van der Waals surface area (Å²) < 4.78 is 5.64. The van der Waals surface area contributed by atoms with Crippen molar-refractivity contribution in [3.8, 4) is 5.75 Å². The number of benzene rings is 1. The Morgan fingerprint density at radius 3 is 2.74 bits per heavy atom. The van der Waals surface area contributed by atoms with Crippen LogP contribution in [0.3, 0.4) is 0 Å². The lowest BCUT2D eigenvalue weighted by Gasteiger charge is -2.19. The van der Waals surface area contributed by atoms with E-state index in [0.717, 1.165) is 25.1 Å². The second kappa shape index (κ2) is 5.60. The molecule has 0 aromatic heterocycles. The van der Waals surface area contributed by atoms with Crippen molar-refractivity contribution in [2.75, 3.05) is 13.7 Å². The van der Waals surface area contributed by atoms with E-state index in [-0.39, 0.29) is 0 Å². The summed E-state index contributed by atoms with van der Waals surface area (Å²) in [5.74, 6) is 1.48. The number of methoxy groups -OCH3 is 1. The molecular formula is C17H23NO. The number of ether oxygens (including phenoxy) is 1. The molecule has 1 aromatic rings. The standard InChI is InChI=1S/C17H23NO/c1-6-7-14-8-9-18-16(14)15-10-11(2)12(3)13(4)17(15)19-5/h6,10,14H,1,7-9H2,2-5H3. The summed E-state index contributed by atoms with van der Waals surface area (Å²) in [6.45, 7) is 11.2. The summed E-state index contributed by atoms with van der Waals surface area (Å²) in [6, 6.07) is 2.22. The molecule has 0 fully saturated rings. The fraction of sp³-hybridized carbons (Fsp3) is 0.471. The van der Waals surface area contributed by atoms with E-state index in [9.17, 15) is 0 Å². The Kier molecular flexibility index (Phi) is 4.08. The summed E-state index contributed by atoms with van der Waals surface area (Å²) >= 11 is 0. The highest BCUT2D eigenvalue weighted by molar-refractivity contribution is 6.06. The van der Waals surface area contributed by atoms with Gasteiger partial charge in [-0.3, -0.25) is 4.99 Å². The van der Waals surface area contributed by atoms with Gasteiger partial charge in [0.15, 0.2) is 0 Å². The van der Waals surface area contributed by atoms with E-state index in [1.54, 1.807) is 7.11 Å². The molecule has 0 bridgehead atoms. The molecule has 1 aromatic carbocycles. The Labute approximate surface area is 116 Å². The minimum absolute atomic E-state index is 0.493. The fourth-order valence-corrected chi connectivity index (χ4v) is 2.85. The maximum Gasteiger partial charge on any atom is 0.131 e. The van der Waals surface area contributed by atoms with E-state index in [2.05, 4.69) is 33.4 Å². The third-order valence-electron chi connectivity index (χ3n) is 4.18. The Morgan fingerprint density at radius 2 is 2.11 bits per heavy atom. The molecule has 19 heavy (non-hydrogen) atoms. The number of nitrogens with zero attached hydrogens (tertiary/aromatic N) is 1. The first-order chi connectivity index (χ1) is 9.10. The molecule has 0 spiro atoms. The number of hydrogen-bond acceptors (Lipinski definition) is 2. The Balaban J connectivity index is 2.53. The van der Waals surface area contributed by atoms with Crippen molar-refractivity contribution in [1.29, 1.82) is 0 Å². The van der Waals surface area contributed by atoms with Gasteiger partial charge in [0.05, 0.1) is 7.11 Å². The van der Waals surface area contributed by atoms with Gasteiger partial charge in [-0.15, -0.1) is 6.58 Å². The van der Waals surface area contributed by atoms with Crippen LogP contribution in [0.4, 0.5) is 0 Å². The van der Waals surface area contributed by atoms with Gasteiger partial charge in [-0.25, -0.2) is 0 Å². The quantitative estimate of drug-likeness (QED) is 0.747. The summed E-state index contributed by atoms with van der Waals surface area (Å²) in [6.07, 6.45) is 4.11. The van der Waals surface area contributed by atoms with Crippen molar-refractivity contribution in [1.82, 2.24) is 0 Å². The van der Waals surface area contributed by atoms with E-state index < -0.39 is 0 Å². The van der Waals surface area contributed by atoms with Crippen molar-refractivity contribution in [2.24, 2.45) is 10.9 Å². The Morgan fingerprint density at radius 1 is 1.37 bits per heavy atom. The van der Waals surface area contributed by atoms with Gasteiger partial charge in [-0.05, 0) is 56.4 Å². The van der Waals surface area contributed by atoms with Gasteiger partial charge >= 0.3 is 0 Å². The lowest BCUT2D eigenvalue weighted by Crippen LogP contribution is -2.13. The van der Waals surface area contributed by atoms with Crippen LogP contribution < -0.4 is 4.74 Å². The first-order valence-corrected chi connectivity index (χ1v) is 6.90. The lowest BCUT2D eigenvalue weighted by atomic mass is 9.89. The van der Waals surface area contributed by atoms with Crippen LogP contribution in [0.1, 0.15) is 35.1 Å². The van der Waals surface area contributed by atoms with Crippen LogP contribution in [-0.4, -0.2) is 19.4 Å². The number of allylic oxidation sites excluding steroid dienone is 1. The van der Waals surface area contributed by atoms with Crippen LogP contribution in [-0.2, 0) is 0 Å². The van der Waals surface area contributed by atoms with Gasteiger partial charge in [0.25, 0.3) is 0 Å². The normalized spacial score (nSPS) is 18.3. The van der Waals surface area contributed by atoms with Gasteiger partial charge in [-0.1, -0.05) is 6.08 Å². The molecular weight excluding hydrogens is 234 g/mol. The Hall–Kier alpha value is -1.57. The second-order valence-electron chi connectivity index (χ2n) is 5.30. The maximum absolute atomic E-state index is 5.64. The first kappa shape index (κ1) is 13.9. The number of aryl methyl sites for hydroxylation is 1. The molecule has 1 unspecified atom stereocenters. The van der Waals surface area contributed by atoms with E-state index >= 15 is 0 Å². The van der Waals surface area contributed by atoms with Gasteiger partial charge < -0.3 is 4.74 Å². The van der Waals surface area contributed by atoms with Gasteiger partial charge in [0.1, 0.15) is 5.75 Å². The molecule has 1 atom stereocenters. The van der Waals surface area contributed by atoms with E-state index in [1.807, 2.05) is 6.08 Å². The molecule has 1 aliphatic heterocycles. The molecule has 1 heterocycles. The molecule has 102 valence electrons. The van der Waals surface area contributed by atoms with Crippen LogP contribution in [0, 0.1) is 26.7 Å². The zero-order valence-electron chi connectivity index (χ0n) is 12.4. The molecule has 0 radical (unpaired) electrons. The van der Waals surface area contributed by atoms with Crippen molar-refractivity contribution < 1.29 is 4.74 Å². The predicted molar refractivity (Wildman–Crippen MR) is 81.5 cm³/mol. The minimum Gasteiger partial charge on any atom is -0.496 e. The summed E-state index contributed by atoms with van der Waals surface area (Å²) in [7, 11) is 1.75. The lowest BCUT2D eigenvalue weighted by molar-refractivity contribution is 0.410. The number of aliphatic imine (C=N–C) groups is 1. The smallest absolute Gasteiger partial charge is 0.131 e. The van der Waals surface area contributed by atoms with Crippen molar-refractivity contribution in [3.05, 3.63) is 41.0 Å². The van der Waals surface area contributed by atoms with E-state index in [4.69, 9.17) is 9.73 Å². The average Bonchev–Trinajstić information content (AvgIpc) is 2.84. The number of rotatable bonds is 4. The monoisotopic (exact) mass is 257 g/mol. The van der Waals surface area contributed by atoms with Crippen molar-refractivity contribution in [3.63, 3.8) is 0 Å². The van der Waals surface area contributed by atoms with E-state index in [0.29, 0.717) is 5.92 Å². The molecule has 0 saturated heterocycles. The molecule has 0 aliphatic carbocycles. The largest absolute Gasteiger partial charge is 0.496 e. The first-order valence-electron chi connectivity index (χ1n) is 6.90. The average molecular weight is 257 g/mol.